The van der Waals surface area contributed by atoms with Gasteiger partial charge in [0, 0.05) is 0 Å². The predicted molar refractivity (Wildman–Crippen MR) is 63.9 cm³/mol. The summed E-state index contributed by atoms with van der Waals surface area (Å²) in [6.45, 7) is 3.91. The van der Waals surface area contributed by atoms with Crippen molar-refractivity contribution >= 4 is 5.78 Å². The molecule has 86 valence electrons. The van der Waals surface area contributed by atoms with Crippen molar-refractivity contribution in [2.75, 3.05) is 7.05 Å². The number of likely N-dealkylation sites (N-methyl/N-ethyl adjacent to an activating group) is 1. The summed E-state index contributed by atoms with van der Waals surface area (Å²) < 4.78 is 0. The van der Waals surface area contributed by atoms with Crippen molar-refractivity contribution in [2.45, 2.75) is 57.9 Å². The number of hydrogen-bond donors (Lipinski definition) is 1. The lowest BCUT2D eigenvalue weighted by molar-refractivity contribution is -0.120. The maximum Gasteiger partial charge on any atom is 0.177 e. The molecule has 0 aromatic heterocycles. The molecule has 0 aromatic rings. The van der Waals surface area contributed by atoms with Gasteiger partial charge in [0.15, 0.2) is 5.78 Å². The molecule has 0 atom stereocenters. The fourth-order valence-corrected chi connectivity index (χ4v) is 1.91. The quantitative estimate of drug-likeness (QED) is 0.774. The summed E-state index contributed by atoms with van der Waals surface area (Å²) in [6, 6.07) is 0. The van der Waals surface area contributed by atoms with Gasteiger partial charge in [-0.15, -0.1) is 0 Å². The highest BCUT2D eigenvalue weighted by Gasteiger charge is 2.27. The predicted octanol–water partition coefficient (Wildman–Crippen LogP) is 2.83. The van der Waals surface area contributed by atoms with Crippen LogP contribution in [0.5, 0.6) is 0 Å². The molecule has 0 amide bonds. The van der Waals surface area contributed by atoms with Crippen molar-refractivity contribution in [3.05, 3.63) is 11.6 Å². The Balaban J connectivity index is 2.72. The monoisotopic (exact) mass is 209 g/mol. The second-order valence-corrected chi connectivity index (χ2v) is 4.89. The number of carbonyl (C=O) groups excluding carboxylic acids is 1. The van der Waals surface area contributed by atoms with E-state index in [1.807, 2.05) is 20.9 Å². The molecular formula is C13H23NO. The van der Waals surface area contributed by atoms with E-state index in [9.17, 15) is 4.79 Å². The van der Waals surface area contributed by atoms with Crippen molar-refractivity contribution < 1.29 is 4.79 Å². The number of ketones is 1. The standard InChI is InChI=1S/C13H23NO/c1-13(2,14-3)12(15)11-9-7-5-4-6-8-10-11/h9,14H,4-8,10H2,1-3H3/b11-9+. The zero-order valence-electron chi connectivity index (χ0n) is 10.2. The number of Topliss-reactive ketones (excluding diaryl/α,β-unsaturated/α-hetero) is 1. The van der Waals surface area contributed by atoms with E-state index in [4.69, 9.17) is 0 Å². The molecule has 0 fully saturated rings. The lowest BCUT2D eigenvalue weighted by Gasteiger charge is -2.24. The van der Waals surface area contributed by atoms with Crippen molar-refractivity contribution in [1.82, 2.24) is 5.32 Å². The first-order chi connectivity index (χ1) is 7.08. The van der Waals surface area contributed by atoms with E-state index in [0.717, 1.165) is 24.8 Å². The molecule has 0 spiro atoms. The summed E-state index contributed by atoms with van der Waals surface area (Å²) in [4.78, 5) is 12.2. The Labute approximate surface area is 93.1 Å². The molecule has 0 bridgehead atoms. The third-order valence-electron chi connectivity index (χ3n) is 3.28. The maximum absolute atomic E-state index is 12.2. The summed E-state index contributed by atoms with van der Waals surface area (Å²) >= 11 is 0. The zero-order chi connectivity index (χ0) is 11.3. The van der Waals surface area contributed by atoms with E-state index in [1.54, 1.807) is 0 Å². The molecule has 0 radical (unpaired) electrons. The van der Waals surface area contributed by atoms with Crippen LogP contribution in [0, 0.1) is 0 Å². The van der Waals surface area contributed by atoms with E-state index < -0.39 is 5.54 Å². The lowest BCUT2D eigenvalue weighted by atomic mass is 9.88. The first kappa shape index (κ1) is 12.4. The van der Waals surface area contributed by atoms with E-state index >= 15 is 0 Å². The molecule has 1 aliphatic carbocycles. The Morgan fingerprint density at radius 3 is 2.60 bits per heavy atom. The molecule has 0 heterocycles. The minimum atomic E-state index is -0.412. The summed E-state index contributed by atoms with van der Waals surface area (Å²) in [5.74, 6) is 0.270. The molecule has 2 heteroatoms. The third kappa shape index (κ3) is 3.45. The number of hydrogen-bond acceptors (Lipinski definition) is 2. The van der Waals surface area contributed by atoms with E-state index in [0.29, 0.717) is 0 Å². The number of allylic oxidation sites excluding steroid dienone is 1. The van der Waals surface area contributed by atoms with Crippen LogP contribution in [0.3, 0.4) is 0 Å². The molecule has 0 aromatic carbocycles. The van der Waals surface area contributed by atoms with Gasteiger partial charge in [-0.1, -0.05) is 18.9 Å². The van der Waals surface area contributed by atoms with E-state index in [1.165, 1.54) is 19.3 Å². The normalized spacial score (nSPS) is 22.5. The highest BCUT2D eigenvalue weighted by molar-refractivity contribution is 6.02. The van der Waals surface area contributed by atoms with Gasteiger partial charge in [-0.25, -0.2) is 0 Å². The molecule has 0 saturated heterocycles. The molecule has 15 heavy (non-hydrogen) atoms. The lowest BCUT2D eigenvalue weighted by Crippen LogP contribution is -2.45. The van der Waals surface area contributed by atoms with Gasteiger partial charge in [0.1, 0.15) is 0 Å². The van der Waals surface area contributed by atoms with Crippen LogP contribution >= 0.6 is 0 Å². The van der Waals surface area contributed by atoms with Crippen molar-refractivity contribution in [3.8, 4) is 0 Å². The Morgan fingerprint density at radius 1 is 1.27 bits per heavy atom. The van der Waals surface area contributed by atoms with Gasteiger partial charge in [0.2, 0.25) is 0 Å². The first-order valence-corrected chi connectivity index (χ1v) is 6.00. The van der Waals surface area contributed by atoms with Gasteiger partial charge >= 0.3 is 0 Å². The Bertz CT molecular complexity index is 253. The number of carbonyl (C=O) groups is 1. The number of rotatable bonds is 3. The molecule has 1 aliphatic rings. The molecule has 2 nitrogen and oxygen atoms in total. The van der Waals surface area contributed by atoms with Gasteiger partial charge in [0.25, 0.3) is 0 Å². The average molecular weight is 209 g/mol. The molecule has 1 rings (SSSR count). The topological polar surface area (TPSA) is 29.1 Å². The minimum absolute atomic E-state index is 0.270. The van der Waals surface area contributed by atoms with Gasteiger partial charge in [-0.05, 0) is 52.2 Å². The SMILES string of the molecule is CNC(C)(C)C(=O)/C1=C/CCCCCC1. The van der Waals surface area contributed by atoms with Gasteiger partial charge in [-0.3, -0.25) is 4.79 Å². The smallest absolute Gasteiger partial charge is 0.177 e. The molecular weight excluding hydrogens is 186 g/mol. The molecule has 0 aliphatic heterocycles. The fraction of sp³-hybridized carbons (Fsp3) is 0.769. The fourth-order valence-electron chi connectivity index (χ4n) is 1.91. The Morgan fingerprint density at radius 2 is 1.93 bits per heavy atom. The van der Waals surface area contributed by atoms with Crippen LogP contribution in [0.4, 0.5) is 0 Å². The first-order valence-electron chi connectivity index (χ1n) is 6.00. The van der Waals surface area contributed by atoms with E-state index in [2.05, 4.69) is 11.4 Å². The maximum atomic E-state index is 12.2. The van der Waals surface area contributed by atoms with Crippen LogP contribution < -0.4 is 5.32 Å². The summed E-state index contributed by atoms with van der Waals surface area (Å²) in [6.07, 6.45) is 9.16. The van der Waals surface area contributed by atoms with Crippen LogP contribution in [0.2, 0.25) is 0 Å². The second kappa shape index (κ2) is 5.45. The summed E-state index contributed by atoms with van der Waals surface area (Å²) in [5.41, 5.74) is 0.624. The summed E-state index contributed by atoms with van der Waals surface area (Å²) in [5, 5.41) is 3.08. The molecule has 1 N–H and O–H groups in total. The minimum Gasteiger partial charge on any atom is -0.308 e. The molecule has 0 saturated carbocycles. The number of nitrogens with one attached hydrogen (secondary N) is 1. The Kier molecular flexibility index (Phi) is 4.52. The average Bonchev–Trinajstić information content (AvgIpc) is 2.16. The van der Waals surface area contributed by atoms with Gasteiger partial charge in [0.05, 0.1) is 5.54 Å². The van der Waals surface area contributed by atoms with Crippen LogP contribution in [0.1, 0.15) is 52.4 Å². The molecule has 0 unspecified atom stereocenters. The Hall–Kier alpha value is -0.630. The highest BCUT2D eigenvalue weighted by atomic mass is 16.1. The van der Waals surface area contributed by atoms with Crippen LogP contribution in [0.15, 0.2) is 11.6 Å². The summed E-state index contributed by atoms with van der Waals surface area (Å²) in [7, 11) is 1.85. The zero-order valence-corrected chi connectivity index (χ0v) is 10.2. The van der Waals surface area contributed by atoms with Gasteiger partial charge in [-0.2, -0.15) is 0 Å². The third-order valence-corrected chi connectivity index (χ3v) is 3.28. The highest BCUT2D eigenvalue weighted by Crippen LogP contribution is 2.21. The van der Waals surface area contributed by atoms with Crippen molar-refractivity contribution in [1.29, 1.82) is 0 Å². The van der Waals surface area contributed by atoms with Crippen molar-refractivity contribution in [2.24, 2.45) is 0 Å². The van der Waals surface area contributed by atoms with Crippen molar-refractivity contribution in [3.63, 3.8) is 0 Å². The second-order valence-electron chi connectivity index (χ2n) is 4.89. The van der Waals surface area contributed by atoms with E-state index in [-0.39, 0.29) is 5.78 Å². The van der Waals surface area contributed by atoms with Crippen LogP contribution in [-0.4, -0.2) is 18.4 Å². The largest absolute Gasteiger partial charge is 0.308 e. The van der Waals surface area contributed by atoms with Crippen LogP contribution in [0.25, 0.3) is 0 Å². The van der Waals surface area contributed by atoms with Gasteiger partial charge < -0.3 is 5.32 Å². The van der Waals surface area contributed by atoms with Crippen LogP contribution in [-0.2, 0) is 4.79 Å².